The molecule has 1 aliphatic carbocycles. The van der Waals surface area contributed by atoms with Gasteiger partial charge in [-0.2, -0.15) is 0 Å². The number of hydrogen-bond donors (Lipinski definition) is 3. The minimum Gasteiger partial charge on any atom is -0.488 e. The van der Waals surface area contributed by atoms with Gasteiger partial charge in [0, 0.05) is 34.8 Å². The smallest absolute Gasteiger partial charge is 0.319 e. The molecule has 2 amide bonds. The highest BCUT2D eigenvalue weighted by atomic mass is 19.3. The lowest BCUT2D eigenvalue weighted by molar-refractivity contribution is 0.0819. The Morgan fingerprint density at radius 1 is 1.19 bits per heavy atom. The van der Waals surface area contributed by atoms with E-state index in [1.54, 1.807) is 12.1 Å². The molecule has 1 saturated carbocycles. The number of carbonyl (C=O) groups is 1. The lowest BCUT2D eigenvalue weighted by Gasteiger charge is -2.30. The molecule has 4 N–H and O–H groups in total. The number of anilines is 2. The van der Waals surface area contributed by atoms with E-state index in [1.807, 2.05) is 44.2 Å². The molecule has 0 atom stereocenters. The molecule has 4 rings (SSSR count). The highest BCUT2D eigenvalue weighted by Gasteiger charge is 2.27. The third kappa shape index (κ3) is 4.49. The molecule has 8 heteroatoms. The van der Waals surface area contributed by atoms with E-state index in [1.165, 1.54) is 0 Å². The van der Waals surface area contributed by atoms with Crippen molar-refractivity contribution in [3.8, 4) is 17.0 Å². The summed E-state index contributed by atoms with van der Waals surface area (Å²) in [6.45, 7) is 3.15. The lowest BCUT2D eigenvalue weighted by atomic mass is 9.92. The quantitative estimate of drug-likeness (QED) is 0.433. The molecule has 1 aliphatic rings. The van der Waals surface area contributed by atoms with Crippen molar-refractivity contribution >= 4 is 28.3 Å². The van der Waals surface area contributed by atoms with Crippen LogP contribution in [0.4, 0.5) is 25.0 Å². The minimum atomic E-state index is -2.53. The Morgan fingerprint density at radius 3 is 2.50 bits per heavy atom. The van der Waals surface area contributed by atoms with Crippen LogP contribution in [0.1, 0.15) is 39.2 Å². The van der Waals surface area contributed by atoms with Crippen LogP contribution in [0, 0.1) is 0 Å². The molecule has 6 nitrogen and oxygen atoms in total. The fraction of sp³-hybridized carbons (Fsp3) is 0.375. The van der Waals surface area contributed by atoms with Gasteiger partial charge in [-0.1, -0.05) is 12.1 Å². The third-order valence-electron chi connectivity index (χ3n) is 5.67. The average molecular weight is 443 g/mol. The number of nitrogens with two attached hydrogens (primary N) is 1. The average Bonchev–Trinajstić information content (AvgIpc) is 2.97. The normalized spacial score (nSPS) is 14.1. The molecule has 0 bridgehead atoms. The Balaban J connectivity index is 1.70. The number of benzene rings is 2. The number of halogens is 2. The number of rotatable bonds is 7. The molecule has 0 unspecified atom stereocenters. The number of alkyl halides is 2. The van der Waals surface area contributed by atoms with Crippen LogP contribution in [0.15, 0.2) is 42.5 Å². The van der Waals surface area contributed by atoms with Crippen LogP contribution in [-0.4, -0.2) is 29.7 Å². The predicted octanol–water partition coefficient (Wildman–Crippen LogP) is 5.79. The number of ether oxygens (including phenoxy) is 1. The molecule has 0 radical (unpaired) electrons. The van der Waals surface area contributed by atoms with Crippen LogP contribution in [0.2, 0.25) is 0 Å². The zero-order chi connectivity index (χ0) is 22.8. The van der Waals surface area contributed by atoms with Crippen LogP contribution in [0.3, 0.4) is 0 Å². The Hall–Kier alpha value is -3.29. The molecular weight excluding hydrogens is 414 g/mol. The molecule has 3 aromatic rings. The van der Waals surface area contributed by atoms with Gasteiger partial charge >= 0.3 is 6.03 Å². The summed E-state index contributed by atoms with van der Waals surface area (Å²) in [6.07, 6.45) is 0.680. The second-order valence-corrected chi connectivity index (χ2v) is 8.43. The van der Waals surface area contributed by atoms with E-state index in [9.17, 15) is 13.6 Å². The summed E-state index contributed by atoms with van der Waals surface area (Å²) in [5.74, 6) is 0.401. The molecular formula is C24H28F2N4O2. The van der Waals surface area contributed by atoms with Crippen molar-refractivity contribution < 1.29 is 18.3 Å². The molecule has 0 aliphatic heterocycles. The van der Waals surface area contributed by atoms with Gasteiger partial charge in [0.05, 0.1) is 16.9 Å². The van der Waals surface area contributed by atoms with Crippen molar-refractivity contribution in [2.24, 2.45) is 0 Å². The Bertz CT molecular complexity index is 1110. The Labute approximate surface area is 185 Å². The zero-order valence-corrected chi connectivity index (χ0v) is 18.2. The fourth-order valence-corrected chi connectivity index (χ4v) is 4.02. The minimum absolute atomic E-state index is 0.0434. The van der Waals surface area contributed by atoms with E-state index < -0.39 is 13.0 Å². The number of aromatic nitrogens is 1. The zero-order valence-electron chi connectivity index (χ0n) is 18.2. The lowest BCUT2D eigenvalue weighted by Crippen LogP contribution is -2.34. The van der Waals surface area contributed by atoms with Crippen LogP contribution in [-0.2, 0) is 0 Å². The molecule has 1 aromatic heterocycles. The molecule has 170 valence electrons. The number of fused-ring (bicyclic) bond motifs is 1. The van der Waals surface area contributed by atoms with Crippen molar-refractivity contribution in [2.75, 3.05) is 17.7 Å². The number of amides is 2. The van der Waals surface area contributed by atoms with Gasteiger partial charge in [-0.25, -0.2) is 13.6 Å². The van der Waals surface area contributed by atoms with E-state index in [4.69, 9.17) is 10.5 Å². The standard InChI is InChI=1S/C24H28F2N4O2/c1-14(2)28-24(31)29-16-8-6-15(7-9-16)23-22(27)19-11-10-18(32-13-21(25)26)12-20(19)30(23)17-4-3-5-17/h6-12,14,17,21H,3-5,13,27H2,1-2H3,(H2,28,29,31). The molecule has 0 spiro atoms. The van der Waals surface area contributed by atoms with Crippen LogP contribution < -0.4 is 21.1 Å². The first-order valence-electron chi connectivity index (χ1n) is 10.9. The van der Waals surface area contributed by atoms with Gasteiger partial charge in [-0.05, 0) is 57.4 Å². The first-order chi connectivity index (χ1) is 15.3. The van der Waals surface area contributed by atoms with E-state index in [0.717, 1.165) is 41.4 Å². The predicted molar refractivity (Wildman–Crippen MR) is 123 cm³/mol. The first-order valence-corrected chi connectivity index (χ1v) is 10.9. The molecule has 32 heavy (non-hydrogen) atoms. The van der Waals surface area contributed by atoms with E-state index in [2.05, 4.69) is 15.2 Å². The number of nitrogens with zero attached hydrogens (tertiary/aromatic N) is 1. The van der Waals surface area contributed by atoms with Crippen LogP contribution >= 0.6 is 0 Å². The number of carbonyl (C=O) groups excluding carboxylic acids is 1. The summed E-state index contributed by atoms with van der Waals surface area (Å²) in [5.41, 5.74) is 10.6. The summed E-state index contributed by atoms with van der Waals surface area (Å²) in [7, 11) is 0. The van der Waals surface area contributed by atoms with E-state index in [-0.39, 0.29) is 12.1 Å². The summed E-state index contributed by atoms with van der Waals surface area (Å²) < 4.78 is 32.6. The highest BCUT2D eigenvalue weighted by Crippen LogP contribution is 2.44. The van der Waals surface area contributed by atoms with Crippen LogP contribution in [0.5, 0.6) is 5.75 Å². The topological polar surface area (TPSA) is 81.3 Å². The van der Waals surface area contributed by atoms with Gasteiger partial charge in [-0.3, -0.25) is 0 Å². The van der Waals surface area contributed by atoms with Crippen molar-refractivity contribution in [3.63, 3.8) is 0 Å². The molecule has 0 saturated heterocycles. The van der Waals surface area contributed by atoms with Gasteiger partial charge in [-0.15, -0.1) is 0 Å². The maximum absolute atomic E-state index is 12.6. The number of nitrogens with one attached hydrogen (secondary N) is 2. The number of hydrogen-bond acceptors (Lipinski definition) is 3. The van der Waals surface area contributed by atoms with Gasteiger partial charge in [0.2, 0.25) is 0 Å². The second-order valence-electron chi connectivity index (χ2n) is 8.43. The number of urea groups is 1. The van der Waals surface area contributed by atoms with Gasteiger partial charge in [0.15, 0.2) is 0 Å². The second kappa shape index (κ2) is 9.06. The monoisotopic (exact) mass is 442 g/mol. The maximum atomic E-state index is 12.6. The van der Waals surface area contributed by atoms with Gasteiger partial charge in [0.25, 0.3) is 6.43 Å². The van der Waals surface area contributed by atoms with Gasteiger partial charge < -0.3 is 25.7 Å². The third-order valence-corrected chi connectivity index (χ3v) is 5.67. The number of nitrogen functional groups attached to an aromatic ring is 1. The fourth-order valence-electron chi connectivity index (χ4n) is 4.02. The van der Waals surface area contributed by atoms with Crippen LogP contribution in [0.25, 0.3) is 22.2 Å². The van der Waals surface area contributed by atoms with Crippen molar-refractivity contribution in [3.05, 3.63) is 42.5 Å². The molecule has 1 fully saturated rings. The largest absolute Gasteiger partial charge is 0.488 e. The highest BCUT2D eigenvalue weighted by molar-refractivity contribution is 6.02. The summed E-state index contributed by atoms with van der Waals surface area (Å²) in [5, 5.41) is 6.48. The Kier molecular flexibility index (Phi) is 6.21. The Morgan fingerprint density at radius 2 is 1.91 bits per heavy atom. The molecule has 1 heterocycles. The summed E-state index contributed by atoms with van der Waals surface area (Å²) >= 11 is 0. The molecule has 2 aromatic carbocycles. The van der Waals surface area contributed by atoms with Gasteiger partial charge in [0.1, 0.15) is 12.4 Å². The van der Waals surface area contributed by atoms with Crippen molar-refractivity contribution in [1.29, 1.82) is 0 Å². The van der Waals surface area contributed by atoms with Crippen molar-refractivity contribution in [1.82, 2.24) is 9.88 Å². The SMILES string of the molecule is CC(C)NC(=O)Nc1ccc(-c2c(N)c3ccc(OCC(F)F)cc3n2C2CCC2)cc1. The summed E-state index contributed by atoms with van der Waals surface area (Å²) in [6, 6.07) is 12.9. The summed E-state index contributed by atoms with van der Waals surface area (Å²) in [4.78, 5) is 12.0. The van der Waals surface area contributed by atoms with E-state index in [0.29, 0.717) is 23.2 Å². The first kappa shape index (κ1) is 21.9. The van der Waals surface area contributed by atoms with E-state index >= 15 is 0 Å². The maximum Gasteiger partial charge on any atom is 0.319 e. The van der Waals surface area contributed by atoms with Crippen molar-refractivity contribution in [2.45, 2.75) is 51.6 Å².